The maximum absolute atomic E-state index is 12.2. The minimum atomic E-state index is -3.67. The van der Waals surface area contributed by atoms with E-state index in [1.54, 1.807) is 18.2 Å². The lowest BCUT2D eigenvalue weighted by Gasteiger charge is -2.10. The lowest BCUT2D eigenvalue weighted by molar-refractivity contribution is 0.0950. The predicted molar refractivity (Wildman–Crippen MR) is 87.0 cm³/mol. The van der Waals surface area contributed by atoms with Gasteiger partial charge in [-0.25, -0.2) is 13.1 Å². The van der Waals surface area contributed by atoms with E-state index in [9.17, 15) is 18.3 Å². The minimum absolute atomic E-state index is 0.0402. The summed E-state index contributed by atoms with van der Waals surface area (Å²) < 4.78 is 25.8. The normalized spacial score (nSPS) is 11.2. The van der Waals surface area contributed by atoms with Crippen molar-refractivity contribution in [1.29, 1.82) is 0 Å². The van der Waals surface area contributed by atoms with Gasteiger partial charge in [-0.3, -0.25) is 4.79 Å². The quantitative estimate of drug-likeness (QED) is 0.764. The summed E-state index contributed by atoms with van der Waals surface area (Å²) in [5.74, 6) is -0.475. The monoisotopic (exact) mass is 354 g/mol. The molecule has 122 valence electrons. The van der Waals surface area contributed by atoms with E-state index in [2.05, 4.69) is 10.0 Å². The summed E-state index contributed by atoms with van der Waals surface area (Å²) >= 11 is 5.97. The van der Waals surface area contributed by atoms with E-state index in [-0.39, 0.29) is 27.8 Å². The third-order valence-electron chi connectivity index (χ3n) is 3.19. The molecular weight excluding hydrogens is 340 g/mol. The van der Waals surface area contributed by atoms with Crippen molar-refractivity contribution in [3.63, 3.8) is 0 Å². The molecule has 8 heteroatoms. The van der Waals surface area contributed by atoms with E-state index in [4.69, 9.17) is 11.6 Å². The average molecular weight is 355 g/mol. The van der Waals surface area contributed by atoms with Crippen molar-refractivity contribution in [2.45, 2.75) is 11.4 Å². The molecule has 0 radical (unpaired) electrons. The molecule has 0 spiro atoms. The Bertz CT molecular complexity index is 837. The van der Waals surface area contributed by atoms with Gasteiger partial charge in [0.15, 0.2) is 0 Å². The fraction of sp³-hybridized carbons (Fsp3) is 0.133. The van der Waals surface area contributed by atoms with Crippen molar-refractivity contribution in [2.24, 2.45) is 0 Å². The van der Waals surface area contributed by atoms with Gasteiger partial charge in [0.2, 0.25) is 10.0 Å². The summed E-state index contributed by atoms with van der Waals surface area (Å²) in [6.07, 6.45) is 0. The number of amides is 1. The highest BCUT2D eigenvalue weighted by atomic mass is 35.5. The molecule has 0 aliphatic rings. The zero-order chi connectivity index (χ0) is 17.0. The van der Waals surface area contributed by atoms with Gasteiger partial charge in [-0.05, 0) is 31.3 Å². The second-order valence-electron chi connectivity index (χ2n) is 4.66. The molecule has 0 unspecified atom stereocenters. The summed E-state index contributed by atoms with van der Waals surface area (Å²) in [4.78, 5) is 12.2. The van der Waals surface area contributed by atoms with Gasteiger partial charge in [0.25, 0.3) is 5.91 Å². The van der Waals surface area contributed by atoms with Crippen LogP contribution in [0.5, 0.6) is 5.75 Å². The van der Waals surface area contributed by atoms with E-state index in [1.165, 1.54) is 31.3 Å². The molecule has 1 amide bonds. The van der Waals surface area contributed by atoms with Crippen molar-refractivity contribution in [3.05, 3.63) is 58.6 Å². The van der Waals surface area contributed by atoms with Crippen LogP contribution in [0.25, 0.3) is 0 Å². The van der Waals surface area contributed by atoms with Crippen molar-refractivity contribution in [3.8, 4) is 5.75 Å². The Kier molecular flexibility index (Phi) is 5.25. The summed E-state index contributed by atoms with van der Waals surface area (Å²) in [6.45, 7) is 0.0881. The SMILES string of the molecule is CNS(=O)(=O)c1ccc(Cl)c(C(=O)NCc2ccccc2O)c1. The first-order valence-corrected chi connectivity index (χ1v) is 8.49. The maximum atomic E-state index is 12.2. The molecule has 0 atom stereocenters. The number of benzene rings is 2. The Labute approximate surface area is 139 Å². The second-order valence-corrected chi connectivity index (χ2v) is 6.95. The summed E-state index contributed by atoms with van der Waals surface area (Å²) in [5, 5.41) is 12.4. The zero-order valence-corrected chi connectivity index (χ0v) is 13.8. The van der Waals surface area contributed by atoms with Crippen LogP contribution >= 0.6 is 11.6 Å². The standard InChI is InChI=1S/C15H15ClN2O4S/c1-17-23(21,22)11-6-7-13(16)12(8-11)15(20)18-9-10-4-2-3-5-14(10)19/h2-8,17,19H,9H2,1H3,(H,18,20). The Morgan fingerprint density at radius 2 is 1.91 bits per heavy atom. The number of carbonyl (C=O) groups excluding carboxylic acids is 1. The van der Waals surface area contributed by atoms with Gasteiger partial charge in [-0.15, -0.1) is 0 Å². The fourth-order valence-corrected chi connectivity index (χ4v) is 2.85. The van der Waals surface area contributed by atoms with Crippen LogP contribution in [0.15, 0.2) is 47.4 Å². The molecule has 2 rings (SSSR count). The first-order valence-electron chi connectivity index (χ1n) is 6.63. The van der Waals surface area contributed by atoms with Crippen LogP contribution in [0.1, 0.15) is 15.9 Å². The lowest BCUT2D eigenvalue weighted by atomic mass is 10.1. The third kappa shape index (κ3) is 4.01. The van der Waals surface area contributed by atoms with E-state index >= 15 is 0 Å². The van der Waals surface area contributed by atoms with Crippen LogP contribution in [-0.2, 0) is 16.6 Å². The van der Waals surface area contributed by atoms with Gasteiger partial charge in [0.05, 0.1) is 15.5 Å². The van der Waals surface area contributed by atoms with Crippen molar-refractivity contribution in [1.82, 2.24) is 10.0 Å². The number of phenolic OH excluding ortho intramolecular Hbond substituents is 1. The summed E-state index contributed by atoms with van der Waals surface area (Å²) in [5.41, 5.74) is 0.578. The molecule has 2 aromatic carbocycles. The van der Waals surface area contributed by atoms with Gasteiger partial charge in [0, 0.05) is 12.1 Å². The number of rotatable bonds is 5. The third-order valence-corrected chi connectivity index (χ3v) is 4.93. The highest BCUT2D eigenvalue weighted by molar-refractivity contribution is 7.89. The smallest absolute Gasteiger partial charge is 0.253 e. The van der Waals surface area contributed by atoms with E-state index in [0.29, 0.717) is 5.56 Å². The largest absolute Gasteiger partial charge is 0.508 e. The average Bonchev–Trinajstić information content (AvgIpc) is 2.54. The van der Waals surface area contributed by atoms with Crippen LogP contribution in [0.4, 0.5) is 0 Å². The Balaban J connectivity index is 2.22. The summed E-state index contributed by atoms with van der Waals surface area (Å²) in [6, 6.07) is 10.4. The number of sulfonamides is 1. The summed E-state index contributed by atoms with van der Waals surface area (Å²) in [7, 11) is -2.39. The number of hydrogen-bond acceptors (Lipinski definition) is 4. The first-order chi connectivity index (χ1) is 10.8. The van der Waals surface area contributed by atoms with Crippen molar-refractivity contribution >= 4 is 27.5 Å². The topological polar surface area (TPSA) is 95.5 Å². The number of hydrogen-bond donors (Lipinski definition) is 3. The van der Waals surface area contributed by atoms with Crippen LogP contribution in [0.2, 0.25) is 5.02 Å². The van der Waals surface area contributed by atoms with Crippen molar-refractivity contribution in [2.75, 3.05) is 7.05 Å². The minimum Gasteiger partial charge on any atom is -0.508 e. The number of nitrogens with one attached hydrogen (secondary N) is 2. The van der Waals surface area contributed by atoms with Gasteiger partial charge in [-0.2, -0.15) is 0 Å². The molecule has 6 nitrogen and oxygen atoms in total. The second kappa shape index (κ2) is 6.99. The molecule has 0 saturated heterocycles. The fourth-order valence-electron chi connectivity index (χ4n) is 1.89. The Morgan fingerprint density at radius 1 is 1.22 bits per heavy atom. The molecule has 2 aromatic rings. The molecule has 0 saturated carbocycles. The lowest BCUT2D eigenvalue weighted by Crippen LogP contribution is -2.24. The molecule has 3 N–H and O–H groups in total. The maximum Gasteiger partial charge on any atom is 0.253 e. The number of para-hydroxylation sites is 1. The van der Waals surface area contributed by atoms with Gasteiger partial charge in [-0.1, -0.05) is 29.8 Å². The highest BCUT2D eigenvalue weighted by Gasteiger charge is 2.17. The molecule has 0 aliphatic carbocycles. The number of aromatic hydroxyl groups is 1. The zero-order valence-electron chi connectivity index (χ0n) is 12.2. The number of phenols is 1. The first kappa shape index (κ1) is 17.3. The molecule has 0 bridgehead atoms. The van der Waals surface area contributed by atoms with Gasteiger partial charge >= 0.3 is 0 Å². The Morgan fingerprint density at radius 3 is 2.57 bits per heavy atom. The van der Waals surface area contributed by atoms with E-state index < -0.39 is 15.9 Å². The molecule has 0 aromatic heterocycles. The van der Waals surface area contributed by atoms with Gasteiger partial charge in [0.1, 0.15) is 5.75 Å². The molecule has 0 fully saturated rings. The molecule has 0 aliphatic heterocycles. The van der Waals surface area contributed by atoms with Crippen LogP contribution < -0.4 is 10.0 Å². The van der Waals surface area contributed by atoms with Crippen LogP contribution in [-0.4, -0.2) is 26.5 Å². The van der Waals surface area contributed by atoms with E-state index in [1.807, 2.05) is 0 Å². The molecule has 23 heavy (non-hydrogen) atoms. The van der Waals surface area contributed by atoms with Crippen molar-refractivity contribution < 1.29 is 18.3 Å². The van der Waals surface area contributed by atoms with Gasteiger partial charge < -0.3 is 10.4 Å². The van der Waals surface area contributed by atoms with E-state index in [0.717, 1.165) is 0 Å². The number of carbonyl (C=O) groups is 1. The molecule has 0 heterocycles. The highest BCUT2D eigenvalue weighted by Crippen LogP contribution is 2.21. The number of halogens is 1. The predicted octanol–water partition coefficient (Wildman–Crippen LogP) is 1.88. The molecular formula is C15H15ClN2O4S. The van der Waals surface area contributed by atoms with Crippen LogP contribution in [0.3, 0.4) is 0 Å². The van der Waals surface area contributed by atoms with Crippen LogP contribution in [0, 0.1) is 0 Å². The Hall–Kier alpha value is -2.09.